The van der Waals surface area contributed by atoms with Crippen LogP contribution in [0.4, 0.5) is 5.69 Å². The highest BCUT2D eigenvalue weighted by Crippen LogP contribution is 2.21. The first-order chi connectivity index (χ1) is 18.9. The van der Waals surface area contributed by atoms with Gasteiger partial charge in [0.05, 0.1) is 6.54 Å². The molecule has 0 aliphatic rings. The average Bonchev–Trinajstić information content (AvgIpc) is 3.36. The van der Waals surface area contributed by atoms with E-state index in [-0.39, 0.29) is 24.3 Å². The predicted molar refractivity (Wildman–Crippen MR) is 163 cm³/mol. The topological polar surface area (TPSA) is 59.7 Å². The molecule has 212 valence electrons. The van der Waals surface area contributed by atoms with E-state index in [0.717, 1.165) is 61.7 Å². The van der Waals surface area contributed by atoms with Crippen LogP contribution in [-0.2, 0) is 22.6 Å². The van der Waals surface area contributed by atoms with Gasteiger partial charge in [0.25, 0.3) is 0 Å². The van der Waals surface area contributed by atoms with Gasteiger partial charge in [0.1, 0.15) is 0 Å². The van der Waals surface area contributed by atoms with Crippen molar-refractivity contribution in [3.05, 3.63) is 65.9 Å². The molecule has 3 aromatic rings. The molecule has 6 heteroatoms. The van der Waals surface area contributed by atoms with E-state index in [4.69, 9.17) is 0 Å². The number of hydrogen-bond acceptors (Lipinski definition) is 3. The van der Waals surface area contributed by atoms with Crippen molar-refractivity contribution in [1.82, 2.24) is 14.8 Å². The first-order valence-corrected chi connectivity index (χ1v) is 14.8. The quantitative estimate of drug-likeness (QED) is 0.225. The zero-order valence-corrected chi connectivity index (χ0v) is 24.7. The number of aromatic amines is 1. The summed E-state index contributed by atoms with van der Waals surface area (Å²) in [5, 5.41) is 1.20. The second kappa shape index (κ2) is 15.3. The Kier molecular flexibility index (Phi) is 11.9. The SMILES string of the molecule is CCCCC(CC)C(=O)N(CCCC)CC(=O)N(CCc1c[nH]c2ccccc12)Cc1ccc(N(C)C)cc1. The second-order valence-electron chi connectivity index (χ2n) is 10.8. The molecule has 6 nitrogen and oxygen atoms in total. The zero-order chi connectivity index (χ0) is 28.2. The minimum absolute atomic E-state index is 0.00662. The standard InChI is InChI=1S/C33H48N4O2/c1-6-9-13-27(8-3)33(39)37(21-10-7-2)25-32(38)36(24-26-16-18-29(19-17-26)35(4)5)22-20-28-23-34-31-15-12-11-14-30(28)31/h11-12,14-19,23,27,34H,6-10,13,20-22,24-25H2,1-5H3. The van der Waals surface area contributed by atoms with Crippen LogP contribution < -0.4 is 4.90 Å². The minimum Gasteiger partial charge on any atom is -0.378 e. The maximum atomic E-state index is 13.9. The Bertz CT molecular complexity index is 1170. The Balaban J connectivity index is 1.80. The molecular formula is C33H48N4O2. The Labute approximate surface area is 235 Å². The number of aromatic nitrogens is 1. The molecule has 1 heterocycles. The van der Waals surface area contributed by atoms with E-state index in [1.54, 1.807) is 0 Å². The molecule has 39 heavy (non-hydrogen) atoms. The van der Waals surface area contributed by atoms with E-state index in [1.165, 1.54) is 10.9 Å². The predicted octanol–water partition coefficient (Wildman–Crippen LogP) is 6.65. The van der Waals surface area contributed by atoms with Crippen molar-refractivity contribution in [3.63, 3.8) is 0 Å². The maximum Gasteiger partial charge on any atom is 0.242 e. The summed E-state index contributed by atoms with van der Waals surface area (Å²) >= 11 is 0. The number of amides is 2. The Morgan fingerprint density at radius 3 is 2.26 bits per heavy atom. The van der Waals surface area contributed by atoms with Crippen molar-refractivity contribution in [2.75, 3.05) is 38.6 Å². The van der Waals surface area contributed by atoms with E-state index in [9.17, 15) is 9.59 Å². The van der Waals surface area contributed by atoms with Crippen molar-refractivity contribution in [3.8, 4) is 0 Å². The lowest BCUT2D eigenvalue weighted by molar-refractivity contribution is -0.143. The molecule has 2 aromatic carbocycles. The van der Waals surface area contributed by atoms with Crippen molar-refractivity contribution >= 4 is 28.4 Å². The molecule has 0 spiro atoms. The van der Waals surface area contributed by atoms with Crippen molar-refractivity contribution < 1.29 is 9.59 Å². The third-order valence-corrected chi connectivity index (χ3v) is 7.67. The maximum absolute atomic E-state index is 13.9. The largest absolute Gasteiger partial charge is 0.378 e. The smallest absolute Gasteiger partial charge is 0.242 e. The van der Waals surface area contributed by atoms with Crippen LogP contribution in [-0.4, -0.2) is 60.3 Å². The lowest BCUT2D eigenvalue weighted by Gasteiger charge is -2.30. The number of rotatable bonds is 16. The van der Waals surface area contributed by atoms with Crippen LogP contribution in [0.1, 0.15) is 70.4 Å². The van der Waals surface area contributed by atoms with E-state index in [2.05, 4.69) is 79.3 Å². The number of benzene rings is 2. The summed E-state index contributed by atoms with van der Waals surface area (Å²) in [6, 6.07) is 16.7. The second-order valence-corrected chi connectivity index (χ2v) is 10.8. The highest BCUT2D eigenvalue weighted by atomic mass is 16.2. The highest BCUT2D eigenvalue weighted by molar-refractivity contribution is 5.86. The molecule has 1 unspecified atom stereocenters. The minimum atomic E-state index is -0.00662. The summed E-state index contributed by atoms with van der Waals surface area (Å²) in [6.07, 6.45) is 8.53. The van der Waals surface area contributed by atoms with Crippen molar-refractivity contribution in [1.29, 1.82) is 0 Å². The fourth-order valence-electron chi connectivity index (χ4n) is 5.10. The van der Waals surface area contributed by atoms with Gasteiger partial charge in [0.2, 0.25) is 11.8 Å². The van der Waals surface area contributed by atoms with Crippen LogP contribution in [0.3, 0.4) is 0 Å². The zero-order valence-electron chi connectivity index (χ0n) is 24.7. The normalized spacial score (nSPS) is 11.9. The third kappa shape index (κ3) is 8.61. The van der Waals surface area contributed by atoms with Crippen LogP contribution in [0.2, 0.25) is 0 Å². The van der Waals surface area contributed by atoms with Crippen LogP contribution in [0.25, 0.3) is 10.9 Å². The molecule has 0 saturated heterocycles. The van der Waals surface area contributed by atoms with Crippen LogP contribution in [0.15, 0.2) is 54.7 Å². The number of anilines is 1. The van der Waals surface area contributed by atoms with Gasteiger partial charge >= 0.3 is 0 Å². The van der Waals surface area contributed by atoms with Gasteiger partial charge in [-0.3, -0.25) is 9.59 Å². The van der Waals surface area contributed by atoms with Crippen LogP contribution in [0.5, 0.6) is 0 Å². The van der Waals surface area contributed by atoms with Gasteiger partial charge < -0.3 is 19.7 Å². The summed E-state index contributed by atoms with van der Waals surface area (Å²) < 4.78 is 0. The van der Waals surface area contributed by atoms with Gasteiger partial charge in [-0.25, -0.2) is 0 Å². The molecule has 0 bridgehead atoms. The number of unbranched alkanes of at least 4 members (excludes halogenated alkanes) is 2. The summed E-state index contributed by atoms with van der Waals surface area (Å²) in [4.78, 5) is 36.6. The molecule has 1 aromatic heterocycles. The molecule has 1 N–H and O–H groups in total. The van der Waals surface area contributed by atoms with Gasteiger partial charge in [-0.1, -0.05) is 70.4 Å². The molecule has 2 amide bonds. The molecule has 0 saturated carbocycles. The van der Waals surface area contributed by atoms with Crippen LogP contribution in [0, 0.1) is 5.92 Å². The molecule has 0 fully saturated rings. The first kappa shape index (κ1) is 30.3. The average molecular weight is 533 g/mol. The number of nitrogens with zero attached hydrogens (tertiary/aromatic N) is 3. The summed E-state index contributed by atoms with van der Waals surface area (Å²) in [6.45, 7) is 8.28. The van der Waals surface area contributed by atoms with Gasteiger partial charge in [-0.15, -0.1) is 0 Å². The monoisotopic (exact) mass is 532 g/mol. The molecule has 0 aliphatic carbocycles. The number of carbonyl (C=O) groups excluding carboxylic acids is 2. The number of H-pyrrole nitrogens is 1. The molecule has 0 radical (unpaired) electrons. The van der Waals surface area contributed by atoms with Gasteiger partial charge in [-0.2, -0.15) is 0 Å². The van der Waals surface area contributed by atoms with E-state index in [0.29, 0.717) is 19.6 Å². The van der Waals surface area contributed by atoms with Crippen LogP contribution >= 0.6 is 0 Å². The summed E-state index contributed by atoms with van der Waals surface area (Å²) in [5.41, 5.74) is 4.53. The van der Waals surface area contributed by atoms with Gasteiger partial charge in [0.15, 0.2) is 0 Å². The number of hydrogen-bond donors (Lipinski definition) is 1. The van der Waals surface area contributed by atoms with Crippen molar-refractivity contribution in [2.45, 2.75) is 72.3 Å². The van der Waals surface area contributed by atoms with E-state index in [1.807, 2.05) is 30.0 Å². The first-order valence-electron chi connectivity index (χ1n) is 14.8. The molecule has 3 rings (SSSR count). The molecule has 1 atom stereocenters. The number of fused-ring (bicyclic) bond motifs is 1. The fraction of sp³-hybridized carbons (Fsp3) is 0.515. The Morgan fingerprint density at radius 1 is 0.872 bits per heavy atom. The van der Waals surface area contributed by atoms with E-state index >= 15 is 0 Å². The summed E-state index contributed by atoms with van der Waals surface area (Å²) in [7, 11) is 4.05. The Morgan fingerprint density at radius 2 is 1.59 bits per heavy atom. The molecular weight excluding hydrogens is 484 g/mol. The van der Waals surface area contributed by atoms with E-state index < -0.39 is 0 Å². The Hall–Kier alpha value is -3.28. The lowest BCUT2D eigenvalue weighted by atomic mass is 9.97. The van der Waals surface area contributed by atoms with Crippen molar-refractivity contribution in [2.24, 2.45) is 5.92 Å². The number of carbonyl (C=O) groups is 2. The highest BCUT2D eigenvalue weighted by Gasteiger charge is 2.26. The van der Waals surface area contributed by atoms with Gasteiger partial charge in [-0.05, 0) is 55.0 Å². The number of para-hydroxylation sites is 1. The number of nitrogens with one attached hydrogen (secondary N) is 1. The summed E-state index contributed by atoms with van der Waals surface area (Å²) in [5.74, 6) is 0.147. The fourth-order valence-corrected chi connectivity index (χ4v) is 5.10. The molecule has 0 aliphatic heterocycles. The third-order valence-electron chi connectivity index (χ3n) is 7.67. The van der Waals surface area contributed by atoms with Gasteiger partial charge in [0, 0.05) is 62.4 Å². The lowest BCUT2D eigenvalue weighted by Crippen LogP contribution is -2.45.